The highest BCUT2D eigenvalue weighted by molar-refractivity contribution is 5.30. The van der Waals surface area contributed by atoms with Gasteiger partial charge in [-0.2, -0.15) is 0 Å². The zero-order valence-corrected chi connectivity index (χ0v) is 11.7. The van der Waals surface area contributed by atoms with Crippen LogP contribution in [0.5, 0.6) is 5.75 Å². The molecular weight excluding hydrogens is 258 g/mol. The number of hydrogen-bond donors (Lipinski definition) is 0. The second kappa shape index (κ2) is 5.63. The van der Waals surface area contributed by atoms with Crippen molar-refractivity contribution in [1.29, 1.82) is 0 Å². The Morgan fingerprint density at radius 1 is 1.50 bits per heavy atom. The van der Waals surface area contributed by atoms with E-state index in [0.29, 0.717) is 18.8 Å². The summed E-state index contributed by atoms with van der Waals surface area (Å²) in [5.41, 5.74) is -0.411. The van der Waals surface area contributed by atoms with Gasteiger partial charge in [0.25, 0.3) is 5.54 Å². The molecule has 3 atom stereocenters. The molecule has 1 saturated heterocycles. The van der Waals surface area contributed by atoms with Gasteiger partial charge in [0.2, 0.25) is 0 Å². The van der Waals surface area contributed by atoms with Gasteiger partial charge in [-0.3, -0.25) is 10.1 Å². The van der Waals surface area contributed by atoms with Crippen LogP contribution in [0.2, 0.25) is 0 Å². The van der Waals surface area contributed by atoms with Crippen molar-refractivity contribution in [1.82, 2.24) is 0 Å². The van der Waals surface area contributed by atoms with E-state index >= 15 is 0 Å². The van der Waals surface area contributed by atoms with Crippen molar-refractivity contribution >= 4 is 0 Å². The van der Waals surface area contributed by atoms with Crippen LogP contribution in [0.3, 0.4) is 0 Å². The van der Waals surface area contributed by atoms with Crippen LogP contribution in [-0.2, 0) is 4.74 Å². The van der Waals surface area contributed by atoms with Crippen molar-refractivity contribution in [2.75, 3.05) is 13.7 Å². The van der Waals surface area contributed by atoms with Crippen molar-refractivity contribution < 1.29 is 14.4 Å². The first kappa shape index (κ1) is 14.5. The molecule has 0 spiro atoms. The van der Waals surface area contributed by atoms with Gasteiger partial charge in [-0.15, -0.1) is 6.58 Å². The van der Waals surface area contributed by atoms with Crippen LogP contribution in [0.4, 0.5) is 0 Å². The molecule has 0 radical (unpaired) electrons. The van der Waals surface area contributed by atoms with Gasteiger partial charge in [0.05, 0.1) is 13.0 Å². The van der Waals surface area contributed by atoms with E-state index in [-0.39, 0.29) is 10.8 Å². The highest BCUT2D eigenvalue weighted by atomic mass is 16.6. The molecule has 1 aromatic carbocycles. The van der Waals surface area contributed by atoms with E-state index in [1.54, 1.807) is 32.2 Å². The summed E-state index contributed by atoms with van der Waals surface area (Å²) in [5.74, 6) is 0.506. The van der Waals surface area contributed by atoms with Crippen LogP contribution >= 0.6 is 0 Å². The van der Waals surface area contributed by atoms with Crippen LogP contribution in [-0.4, -0.2) is 24.2 Å². The smallest absolute Gasteiger partial charge is 0.255 e. The third kappa shape index (κ3) is 2.29. The second-order valence-corrected chi connectivity index (χ2v) is 5.14. The molecule has 1 heterocycles. The lowest BCUT2D eigenvalue weighted by atomic mass is 9.75. The van der Waals surface area contributed by atoms with Gasteiger partial charge in [-0.05, 0) is 24.1 Å². The summed E-state index contributed by atoms with van der Waals surface area (Å²) >= 11 is 0. The minimum absolute atomic E-state index is 0.210. The average molecular weight is 277 g/mol. The number of nitrogens with zero attached hydrogens (tertiary/aromatic N) is 1. The Balaban J connectivity index is 2.40. The van der Waals surface area contributed by atoms with Gasteiger partial charge in [0.1, 0.15) is 5.75 Å². The Kier molecular flexibility index (Phi) is 4.09. The third-order valence-corrected chi connectivity index (χ3v) is 4.09. The van der Waals surface area contributed by atoms with Crippen molar-refractivity contribution in [3.63, 3.8) is 0 Å². The topological polar surface area (TPSA) is 61.6 Å². The van der Waals surface area contributed by atoms with E-state index in [1.807, 2.05) is 12.1 Å². The first-order valence-electron chi connectivity index (χ1n) is 6.56. The van der Waals surface area contributed by atoms with Gasteiger partial charge in [0.15, 0.2) is 6.10 Å². The molecule has 0 aromatic heterocycles. The maximum atomic E-state index is 11.6. The zero-order chi connectivity index (χ0) is 14.8. The molecule has 1 aromatic rings. The van der Waals surface area contributed by atoms with E-state index in [1.165, 1.54) is 0 Å². The lowest BCUT2D eigenvalue weighted by Crippen LogP contribution is -2.51. The maximum absolute atomic E-state index is 11.6. The maximum Gasteiger partial charge on any atom is 0.255 e. The van der Waals surface area contributed by atoms with Gasteiger partial charge >= 0.3 is 0 Å². The Morgan fingerprint density at radius 2 is 2.15 bits per heavy atom. The Bertz CT molecular complexity index is 499. The largest absolute Gasteiger partial charge is 0.497 e. The third-order valence-electron chi connectivity index (χ3n) is 4.09. The number of hydrogen-bond acceptors (Lipinski definition) is 4. The summed E-state index contributed by atoms with van der Waals surface area (Å²) in [6.07, 6.45) is 1.70. The van der Waals surface area contributed by atoms with E-state index in [9.17, 15) is 10.1 Å². The van der Waals surface area contributed by atoms with Crippen molar-refractivity contribution in [3.8, 4) is 5.75 Å². The van der Waals surface area contributed by atoms with Crippen LogP contribution < -0.4 is 4.74 Å². The molecule has 2 rings (SSSR count). The summed E-state index contributed by atoms with van der Waals surface area (Å²) in [7, 11) is 1.58. The Hall–Kier alpha value is -1.88. The molecule has 5 nitrogen and oxygen atoms in total. The number of rotatable bonds is 4. The fraction of sp³-hybridized carbons (Fsp3) is 0.467. The molecule has 1 fully saturated rings. The minimum atomic E-state index is -1.20. The first-order chi connectivity index (χ1) is 9.53. The van der Waals surface area contributed by atoms with Crippen molar-refractivity contribution in [2.24, 2.45) is 5.92 Å². The predicted octanol–water partition coefficient (Wildman–Crippen LogP) is 2.99. The Labute approximate surface area is 118 Å². The lowest BCUT2D eigenvalue weighted by Gasteiger charge is -2.39. The molecule has 108 valence electrons. The molecule has 5 heteroatoms. The summed E-state index contributed by atoms with van der Waals surface area (Å²) in [4.78, 5) is 11.4. The number of nitro groups is 1. The normalized spacial score (nSPS) is 29.7. The highest BCUT2D eigenvalue weighted by Gasteiger charge is 2.55. The number of benzene rings is 1. The number of methoxy groups -OCH3 is 1. The second-order valence-electron chi connectivity index (χ2n) is 5.14. The number of ether oxygens (including phenoxy) is 2. The van der Waals surface area contributed by atoms with Crippen LogP contribution in [0, 0.1) is 16.0 Å². The van der Waals surface area contributed by atoms with E-state index in [2.05, 4.69) is 6.58 Å². The standard InChI is InChI=1S/C15H19NO4/c1-4-12-9-10-20-14(15(12,2)16(17)18)11-5-7-13(19-3)8-6-11/h4-8,12,14H,1,9-10H2,2-3H3/t12-,14-,15+/m0/s1. The average Bonchev–Trinajstić information content (AvgIpc) is 2.47. The molecular formula is C15H19NO4. The van der Waals surface area contributed by atoms with Gasteiger partial charge < -0.3 is 9.47 Å². The van der Waals surface area contributed by atoms with E-state index < -0.39 is 11.6 Å². The highest BCUT2D eigenvalue weighted by Crippen LogP contribution is 2.43. The molecule has 0 aliphatic carbocycles. The molecule has 0 saturated carbocycles. The zero-order valence-electron chi connectivity index (χ0n) is 11.7. The molecule has 0 bridgehead atoms. The quantitative estimate of drug-likeness (QED) is 0.482. The van der Waals surface area contributed by atoms with E-state index in [4.69, 9.17) is 9.47 Å². The lowest BCUT2D eigenvalue weighted by molar-refractivity contribution is -0.594. The molecule has 1 aliphatic rings. The first-order valence-corrected chi connectivity index (χ1v) is 6.56. The van der Waals surface area contributed by atoms with Crippen LogP contribution in [0.1, 0.15) is 25.0 Å². The molecule has 0 amide bonds. The molecule has 1 aliphatic heterocycles. The minimum Gasteiger partial charge on any atom is -0.497 e. The summed E-state index contributed by atoms with van der Waals surface area (Å²) in [5, 5.41) is 11.6. The fourth-order valence-electron chi connectivity index (χ4n) is 2.77. The summed E-state index contributed by atoms with van der Waals surface area (Å²) in [6.45, 7) is 5.87. The predicted molar refractivity (Wildman–Crippen MR) is 75.4 cm³/mol. The Morgan fingerprint density at radius 3 is 2.65 bits per heavy atom. The monoisotopic (exact) mass is 277 g/mol. The van der Waals surface area contributed by atoms with Crippen LogP contribution in [0.25, 0.3) is 0 Å². The molecule has 20 heavy (non-hydrogen) atoms. The van der Waals surface area contributed by atoms with Gasteiger partial charge in [0, 0.05) is 18.5 Å². The molecule has 0 N–H and O–H groups in total. The van der Waals surface area contributed by atoms with Crippen molar-refractivity contribution in [3.05, 3.63) is 52.6 Å². The fourth-order valence-corrected chi connectivity index (χ4v) is 2.77. The summed E-state index contributed by atoms with van der Waals surface area (Å²) in [6, 6.07) is 7.21. The van der Waals surface area contributed by atoms with Crippen molar-refractivity contribution in [2.45, 2.75) is 25.0 Å². The SMILES string of the molecule is C=C[C@H]1CCO[C@@H](c2ccc(OC)cc2)[C@]1(C)[N+](=O)[O-]. The van der Waals surface area contributed by atoms with Gasteiger partial charge in [-0.25, -0.2) is 0 Å². The summed E-state index contributed by atoms with van der Waals surface area (Å²) < 4.78 is 10.8. The van der Waals surface area contributed by atoms with Gasteiger partial charge in [-0.1, -0.05) is 18.2 Å². The molecule has 0 unspecified atom stereocenters. The van der Waals surface area contributed by atoms with Crippen LogP contribution in [0.15, 0.2) is 36.9 Å². The van der Waals surface area contributed by atoms with E-state index in [0.717, 1.165) is 5.56 Å².